The zero-order valence-corrected chi connectivity index (χ0v) is 9.52. The van der Waals surface area contributed by atoms with Crippen LogP contribution in [0.3, 0.4) is 0 Å². The van der Waals surface area contributed by atoms with Crippen LogP contribution in [0.4, 0.5) is 0 Å². The number of amidine groups is 1. The van der Waals surface area contributed by atoms with Crippen molar-refractivity contribution >= 4 is 5.84 Å². The Morgan fingerprint density at radius 2 is 2.47 bits per heavy atom. The summed E-state index contributed by atoms with van der Waals surface area (Å²) in [6.45, 7) is 6.75. The molecule has 0 aromatic heterocycles. The number of oxime groups is 1. The maximum absolute atomic E-state index is 8.52. The molecule has 5 heteroatoms. The fraction of sp³-hybridized carbons (Fsp3) is 0.900. The molecule has 1 rings (SSSR count). The van der Waals surface area contributed by atoms with E-state index in [4.69, 9.17) is 15.7 Å². The van der Waals surface area contributed by atoms with E-state index in [0.29, 0.717) is 24.3 Å². The molecular formula is C10H21N3O2. The predicted octanol–water partition coefficient (Wildman–Crippen LogP) is 0.622. The van der Waals surface area contributed by atoms with Crippen molar-refractivity contribution in [3.05, 3.63) is 0 Å². The highest BCUT2D eigenvalue weighted by molar-refractivity contribution is 5.80. The van der Waals surface area contributed by atoms with Crippen LogP contribution in [0.1, 0.15) is 26.7 Å². The first kappa shape index (κ1) is 12.3. The second kappa shape index (κ2) is 5.92. The van der Waals surface area contributed by atoms with Gasteiger partial charge in [-0.05, 0) is 13.3 Å². The Kier molecular flexibility index (Phi) is 4.84. The molecule has 2 unspecified atom stereocenters. The molecule has 0 aliphatic carbocycles. The van der Waals surface area contributed by atoms with E-state index in [1.54, 1.807) is 0 Å². The van der Waals surface area contributed by atoms with Gasteiger partial charge in [-0.25, -0.2) is 0 Å². The van der Waals surface area contributed by atoms with Crippen LogP contribution < -0.4 is 5.73 Å². The van der Waals surface area contributed by atoms with Gasteiger partial charge in [0.05, 0.1) is 13.2 Å². The van der Waals surface area contributed by atoms with Gasteiger partial charge in [0, 0.05) is 25.0 Å². The Morgan fingerprint density at radius 3 is 3.07 bits per heavy atom. The first-order valence-electron chi connectivity index (χ1n) is 5.49. The van der Waals surface area contributed by atoms with Crippen molar-refractivity contribution in [2.45, 2.75) is 38.8 Å². The second-order valence-electron chi connectivity index (χ2n) is 4.02. The molecule has 1 heterocycles. The van der Waals surface area contributed by atoms with Crippen molar-refractivity contribution in [3.63, 3.8) is 0 Å². The van der Waals surface area contributed by atoms with Gasteiger partial charge in [-0.3, -0.25) is 4.90 Å². The number of hydrogen-bond acceptors (Lipinski definition) is 4. The molecule has 1 fully saturated rings. The highest BCUT2D eigenvalue weighted by atomic mass is 16.5. The number of hydrogen-bond donors (Lipinski definition) is 2. The molecule has 15 heavy (non-hydrogen) atoms. The van der Waals surface area contributed by atoms with E-state index < -0.39 is 0 Å². The van der Waals surface area contributed by atoms with Crippen molar-refractivity contribution in [3.8, 4) is 0 Å². The molecule has 1 aliphatic heterocycles. The van der Waals surface area contributed by atoms with Crippen LogP contribution in [0.5, 0.6) is 0 Å². The molecular weight excluding hydrogens is 194 g/mol. The predicted molar refractivity (Wildman–Crippen MR) is 59.1 cm³/mol. The molecule has 88 valence electrons. The van der Waals surface area contributed by atoms with Gasteiger partial charge < -0.3 is 15.7 Å². The van der Waals surface area contributed by atoms with E-state index in [-0.39, 0.29) is 0 Å². The number of nitrogens with two attached hydrogens (primary N) is 1. The van der Waals surface area contributed by atoms with Crippen molar-refractivity contribution in [2.24, 2.45) is 10.9 Å². The topological polar surface area (TPSA) is 71.1 Å². The molecule has 3 N–H and O–H groups in total. The number of morpholine rings is 1. The van der Waals surface area contributed by atoms with Crippen LogP contribution in [-0.4, -0.2) is 47.8 Å². The molecule has 0 saturated carbocycles. The molecule has 0 aromatic carbocycles. The van der Waals surface area contributed by atoms with Crippen molar-refractivity contribution in [2.75, 3.05) is 19.8 Å². The lowest BCUT2D eigenvalue weighted by atomic mass is 10.1. The summed E-state index contributed by atoms with van der Waals surface area (Å²) in [7, 11) is 0. The molecule has 1 saturated heterocycles. The molecule has 0 spiro atoms. The van der Waals surface area contributed by atoms with Crippen LogP contribution in [0.15, 0.2) is 5.16 Å². The zero-order valence-electron chi connectivity index (χ0n) is 9.52. The Bertz CT molecular complexity index is 221. The van der Waals surface area contributed by atoms with Crippen LogP contribution in [0.2, 0.25) is 0 Å². The summed E-state index contributed by atoms with van der Waals surface area (Å²) in [4.78, 5) is 2.38. The lowest BCUT2D eigenvalue weighted by molar-refractivity contribution is -0.0253. The lowest BCUT2D eigenvalue weighted by Crippen LogP contribution is -2.50. The standard InChI is InChI=1S/C10H21N3O2/c1-3-9-7-15-5-4-13(9)8(2)6-10(11)12-14/h8-9,14H,3-7H2,1-2H3,(H2,11,12). The summed E-state index contributed by atoms with van der Waals surface area (Å²) >= 11 is 0. The van der Waals surface area contributed by atoms with Crippen molar-refractivity contribution < 1.29 is 9.94 Å². The lowest BCUT2D eigenvalue weighted by Gasteiger charge is -2.39. The third-order valence-corrected chi connectivity index (χ3v) is 2.94. The minimum atomic E-state index is 0.295. The maximum atomic E-state index is 8.52. The minimum Gasteiger partial charge on any atom is -0.409 e. The van der Waals surface area contributed by atoms with E-state index in [1.807, 2.05) is 0 Å². The first-order chi connectivity index (χ1) is 7.19. The summed E-state index contributed by atoms with van der Waals surface area (Å²) < 4.78 is 5.43. The SMILES string of the molecule is CCC1COCCN1C(C)CC(N)=NO. The Labute approximate surface area is 90.9 Å². The van der Waals surface area contributed by atoms with E-state index in [1.165, 1.54) is 0 Å². The van der Waals surface area contributed by atoms with Gasteiger partial charge in [-0.15, -0.1) is 0 Å². The van der Waals surface area contributed by atoms with Gasteiger partial charge in [0.15, 0.2) is 0 Å². The third kappa shape index (κ3) is 3.35. The second-order valence-corrected chi connectivity index (χ2v) is 4.02. The fourth-order valence-electron chi connectivity index (χ4n) is 2.06. The van der Waals surface area contributed by atoms with E-state index in [0.717, 1.165) is 26.2 Å². The smallest absolute Gasteiger partial charge is 0.140 e. The van der Waals surface area contributed by atoms with Gasteiger partial charge in [0.2, 0.25) is 0 Å². The summed E-state index contributed by atoms with van der Waals surface area (Å²) in [5, 5.41) is 11.5. The molecule has 0 amide bonds. The molecule has 5 nitrogen and oxygen atoms in total. The van der Waals surface area contributed by atoms with E-state index in [2.05, 4.69) is 23.9 Å². The van der Waals surface area contributed by atoms with Crippen LogP contribution >= 0.6 is 0 Å². The number of ether oxygens (including phenoxy) is 1. The third-order valence-electron chi connectivity index (χ3n) is 2.94. The quantitative estimate of drug-likeness (QED) is 0.312. The molecule has 1 aliphatic rings. The van der Waals surface area contributed by atoms with Crippen LogP contribution in [0, 0.1) is 0 Å². The summed E-state index contributed by atoms with van der Waals surface area (Å²) in [5.41, 5.74) is 5.51. The summed E-state index contributed by atoms with van der Waals surface area (Å²) in [6, 6.07) is 0.759. The van der Waals surface area contributed by atoms with Gasteiger partial charge in [0.1, 0.15) is 5.84 Å². The van der Waals surface area contributed by atoms with Crippen LogP contribution in [-0.2, 0) is 4.74 Å². The highest BCUT2D eigenvalue weighted by Crippen LogP contribution is 2.15. The Hall–Kier alpha value is -0.810. The van der Waals surface area contributed by atoms with Crippen molar-refractivity contribution in [1.82, 2.24) is 4.90 Å². The van der Waals surface area contributed by atoms with E-state index >= 15 is 0 Å². The maximum Gasteiger partial charge on any atom is 0.140 e. The molecule has 2 atom stereocenters. The molecule has 0 aromatic rings. The summed E-state index contributed by atoms with van der Waals surface area (Å²) in [5.74, 6) is 0.295. The monoisotopic (exact) mass is 215 g/mol. The minimum absolute atomic E-state index is 0.295. The number of nitrogens with zero attached hydrogens (tertiary/aromatic N) is 2. The van der Waals surface area contributed by atoms with Gasteiger partial charge >= 0.3 is 0 Å². The van der Waals surface area contributed by atoms with Crippen molar-refractivity contribution in [1.29, 1.82) is 0 Å². The van der Waals surface area contributed by atoms with Crippen LogP contribution in [0.25, 0.3) is 0 Å². The zero-order chi connectivity index (χ0) is 11.3. The average Bonchev–Trinajstić information content (AvgIpc) is 2.28. The number of rotatable bonds is 4. The Balaban J connectivity index is 2.51. The normalized spacial score (nSPS) is 26.5. The summed E-state index contributed by atoms with van der Waals surface area (Å²) in [6.07, 6.45) is 1.67. The Morgan fingerprint density at radius 1 is 1.73 bits per heavy atom. The fourth-order valence-corrected chi connectivity index (χ4v) is 2.06. The van der Waals surface area contributed by atoms with Gasteiger partial charge in [0.25, 0.3) is 0 Å². The highest BCUT2D eigenvalue weighted by Gasteiger charge is 2.26. The average molecular weight is 215 g/mol. The van der Waals surface area contributed by atoms with Gasteiger partial charge in [-0.1, -0.05) is 12.1 Å². The first-order valence-corrected chi connectivity index (χ1v) is 5.49. The van der Waals surface area contributed by atoms with E-state index in [9.17, 15) is 0 Å². The van der Waals surface area contributed by atoms with Gasteiger partial charge in [-0.2, -0.15) is 0 Å². The molecule has 0 bridgehead atoms. The molecule has 0 radical (unpaired) electrons. The largest absolute Gasteiger partial charge is 0.409 e.